The van der Waals surface area contributed by atoms with Gasteiger partial charge in [0.25, 0.3) is 11.1 Å². The molecular weight excluding hydrogens is 466 g/mol. The second-order valence-corrected chi connectivity index (χ2v) is 9.67. The fourth-order valence-corrected chi connectivity index (χ4v) is 4.59. The lowest BCUT2D eigenvalue weighted by Gasteiger charge is -2.30. The minimum absolute atomic E-state index is 0.261. The van der Waals surface area contributed by atoms with Crippen LogP contribution in [-0.2, 0) is 14.3 Å². The normalized spacial score (nSPS) is 17.4. The van der Waals surface area contributed by atoms with Gasteiger partial charge >= 0.3 is 0 Å². The number of carbonyl (C=O) groups is 3. The molecule has 0 spiro atoms. The van der Waals surface area contributed by atoms with Gasteiger partial charge in [0.05, 0.1) is 36.1 Å². The molecule has 35 heavy (non-hydrogen) atoms. The number of nitrogens with one attached hydrogen (secondary N) is 1. The van der Waals surface area contributed by atoms with Crippen LogP contribution < -0.4 is 15.0 Å². The minimum atomic E-state index is -0.490. The van der Waals surface area contributed by atoms with E-state index in [2.05, 4.69) is 24.1 Å². The SMILES string of the molecule is CC(C)COc1ccccc1/C=C1/SC(=O)N(CC(=O)Nc2ccccc2N2CCOCC2)C1=O. The van der Waals surface area contributed by atoms with Crippen LogP contribution in [0.1, 0.15) is 19.4 Å². The molecule has 2 saturated heterocycles. The van der Waals surface area contributed by atoms with Gasteiger partial charge in [-0.15, -0.1) is 0 Å². The summed E-state index contributed by atoms with van der Waals surface area (Å²) in [5.41, 5.74) is 2.23. The maximum absolute atomic E-state index is 13.0. The summed E-state index contributed by atoms with van der Waals surface area (Å²) < 4.78 is 11.3. The summed E-state index contributed by atoms with van der Waals surface area (Å²) in [5.74, 6) is 0.0674. The van der Waals surface area contributed by atoms with Crippen molar-refractivity contribution in [2.45, 2.75) is 13.8 Å². The van der Waals surface area contributed by atoms with Crippen molar-refractivity contribution in [2.75, 3.05) is 49.7 Å². The summed E-state index contributed by atoms with van der Waals surface area (Å²) in [4.78, 5) is 41.7. The first-order chi connectivity index (χ1) is 16.9. The fraction of sp³-hybridized carbons (Fsp3) is 0.346. The van der Waals surface area contributed by atoms with Gasteiger partial charge in [0.15, 0.2) is 0 Å². The maximum Gasteiger partial charge on any atom is 0.294 e. The minimum Gasteiger partial charge on any atom is -0.493 e. The first kappa shape index (κ1) is 24.8. The van der Waals surface area contributed by atoms with Crippen LogP contribution >= 0.6 is 11.8 Å². The van der Waals surface area contributed by atoms with Crippen molar-refractivity contribution in [3.63, 3.8) is 0 Å². The lowest BCUT2D eigenvalue weighted by atomic mass is 10.1. The Morgan fingerprint density at radius 2 is 1.83 bits per heavy atom. The van der Waals surface area contributed by atoms with Crippen molar-refractivity contribution >= 4 is 46.3 Å². The van der Waals surface area contributed by atoms with Gasteiger partial charge < -0.3 is 19.7 Å². The number of carbonyl (C=O) groups excluding carboxylic acids is 3. The van der Waals surface area contributed by atoms with E-state index in [0.29, 0.717) is 42.7 Å². The Morgan fingerprint density at radius 3 is 2.60 bits per heavy atom. The Bertz CT molecular complexity index is 1130. The molecule has 0 bridgehead atoms. The highest BCUT2D eigenvalue weighted by Gasteiger charge is 2.36. The molecule has 3 amide bonds. The molecule has 2 fully saturated rings. The van der Waals surface area contributed by atoms with Crippen LogP contribution in [0.15, 0.2) is 53.4 Å². The molecule has 184 valence electrons. The average molecular weight is 496 g/mol. The van der Waals surface area contributed by atoms with E-state index in [1.807, 2.05) is 48.5 Å². The summed E-state index contributed by atoms with van der Waals surface area (Å²) in [6, 6.07) is 14.9. The zero-order valence-corrected chi connectivity index (χ0v) is 20.7. The fourth-order valence-electron chi connectivity index (χ4n) is 3.76. The van der Waals surface area contributed by atoms with Crippen molar-refractivity contribution in [2.24, 2.45) is 5.92 Å². The number of benzene rings is 2. The first-order valence-corrected chi connectivity index (χ1v) is 12.4. The van der Waals surface area contributed by atoms with Gasteiger partial charge in [-0.3, -0.25) is 19.3 Å². The van der Waals surface area contributed by atoms with E-state index in [4.69, 9.17) is 9.47 Å². The van der Waals surface area contributed by atoms with E-state index in [0.717, 1.165) is 35.4 Å². The summed E-state index contributed by atoms with van der Waals surface area (Å²) in [6.07, 6.45) is 1.65. The molecule has 2 aromatic carbocycles. The smallest absolute Gasteiger partial charge is 0.294 e. The number of thioether (sulfide) groups is 1. The lowest BCUT2D eigenvalue weighted by Crippen LogP contribution is -2.38. The highest BCUT2D eigenvalue weighted by molar-refractivity contribution is 8.18. The number of morpholine rings is 1. The zero-order chi connectivity index (χ0) is 24.8. The molecule has 4 rings (SSSR count). The quantitative estimate of drug-likeness (QED) is 0.548. The number of hydrogen-bond acceptors (Lipinski definition) is 7. The third kappa shape index (κ3) is 6.23. The van der Waals surface area contributed by atoms with Gasteiger partial charge in [-0.2, -0.15) is 0 Å². The molecule has 1 N–H and O–H groups in total. The molecule has 0 atom stereocenters. The van der Waals surface area contributed by atoms with Crippen molar-refractivity contribution in [3.05, 3.63) is 59.0 Å². The monoisotopic (exact) mass is 495 g/mol. The van der Waals surface area contributed by atoms with Crippen molar-refractivity contribution in [3.8, 4) is 5.75 Å². The molecule has 8 nitrogen and oxygen atoms in total. The number of hydrogen-bond donors (Lipinski definition) is 1. The number of rotatable bonds is 8. The van der Waals surface area contributed by atoms with Gasteiger partial charge in [0, 0.05) is 18.7 Å². The van der Waals surface area contributed by atoms with Crippen LogP contribution in [-0.4, -0.2) is 61.4 Å². The Labute approximate surface area is 209 Å². The predicted molar refractivity (Wildman–Crippen MR) is 138 cm³/mol. The Kier molecular flexibility index (Phi) is 8.09. The van der Waals surface area contributed by atoms with Crippen molar-refractivity contribution in [1.29, 1.82) is 0 Å². The lowest BCUT2D eigenvalue weighted by molar-refractivity contribution is -0.127. The van der Waals surface area contributed by atoms with E-state index in [1.54, 1.807) is 6.08 Å². The third-order valence-corrected chi connectivity index (χ3v) is 6.39. The number of imide groups is 1. The average Bonchev–Trinajstić information content (AvgIpc) is 3.11. The Hall–Kier alpha value is -3.30. The number of para-hydroxylation sites is 3. The standard InChI is InChI=1S/C26H29N3O5S/c1-18(2)17-34-22-10-6-3-7-19(22)15-23-25(31)29(26(32)35-23)16-24(30)27-20-8-4-5-9-21(20)28-11-13-33-14-12-28/h3-10,15,18H,11-14,16-17H2,1-2H3,(H,27,30)/b23-15+. The molecule has 2 aliphatic heterocycles. The van der Waals surface area contributed by atoms with Gasteiger partial charge in [0.2, 0.25) is 5.91 Å². The van der Waals surface area contributed by atoms with Crippen LogP contribution in [0.25, 0.3) is 6.08 Å². The zero-order valence-electron chi connectivity index (χ0n) is 19.9. The first-order valence-electron chi connectivity index (χ1n) is 11.6. The Balaban J connectivity index is 1.44. The molecule has 0 saturated carbocycles. The molecule has 0 aromatic heterocycles. The van der Waals surface area contributed by atoms with Crippen molar-refractivity contribution in [1.82, 2.24) is 4.90 Å². The third-order valence-electron chi connectivity index (χ3n) is 5.48. The topological polar surface area (TPSA) is 88.2 Å². The van der Waals surface area contributed by atoms with E-state index >= 15 is 0 Å². The molecule has 2 aromatic rings. The van der Waals surface area contributed by atoms with Crippen molar-refractivity contribution < 1.29 is 23.9 Å². The molecule has 2 aliphatic rings. The van der Waals surface area contributed by atoms with Gasteiger partial charge in [-0.1, -0.05) is 44.2 Å². The highest BCUT2D eigenvalue weighted by atomic mass is 32.2. The number of ether oxygens (including phenoxy) is 2. The molecule has 2 heterocycles. The van der Waals surface area contributed by atoms with Crippen LogP contribution in [0.4, 0.5) is 16.2 Å². The van der Waals surface area contributed by atoms with E-state index in [9.17, 15) is 14.4 Å². The van der Waals surface area contributed by atoms with E-state index in [1.165, 1.54) is 0 Å². The Morgan fingerprint density at radius 1 is 1.11 bits per heavy atom. The van der Waals surface area contributed by atoms with Crippen LogP contribution in [0.5, 0.6) is 5.75 Å². The second-order valence-electron chi connectivity index (χ2n) is 8.68. The number of anilines is 2. The molecular formula is C26H29N3O5S. The molecule has 0 unspecified atom stereocenters. The van der Waals surface area contributed by atoms with Crippen LogP contribution in [0.2, 0.25) is 0 Å². The number of nitrogens with zero attached hydrogens (tertiary/aromatic N) is 2. The summed E-state index contributed by atoms with van der Waals surface area (Å²) in [5, 5.41) is 2.39. The van der Waals surface area contributed by atoms with E-state index in [-0.39, 0.29) is 11.4 Å². The largest absolute Gasteiger partial charge is 0.493 e. The second kappa shape index (κ2) is 11.4. The van der Waals surface area contributed by atoms with Gasteiger partial charge in [-0.05, 0) is 42.0 Å². The summed E-state index contributed by atoms with van der Waals surface area (Å²) in [6.45, 7) is 6.99. The molecule has 0 aliphatic carbocycles. The molecule has 0 radical (unpaired) electrons. The van der Waals surface area contributed by atoms with Crippen LogP contribution in [0.3, 0.4) is 0 Å². The van der Waals surface area contributed by atoms with Gasteiger partial charge in [-0.25, -0.2) is 0 Å². The highest BCUT2D eigenvalue weighted by Crippen LogP contribution is 2.34. The van der Waals surface area contributed by atoms with Crippen LogP contribution in [0, 0.1) is 5.92 Å². The number of amides is 3. The summed E-state index contributed by atoms with van der Waals surface area (Å²) >= 11 is 0.825. The summed E-state index contributed by atoms with van der Waals surface area (Å²) in [7, 11) is 0. The van der Waals surface area contributed by atoms with Gasteiger partial charge in [0.1, 0.15) is 12.3 Å². The van der Waals surface area contributed by atoms with E-state index < -0.39 is 17.1 Å². The molecule has 9 heteroatoms. The maximum atomic E-state index is 13.0. The predicted octanol–water partition coefficient (Wildman–Crippen LogP) is 4.23.